The number of ether oxygens (including phenoxy) is 1. The lowest BCUT2D eigenvalue weighted by Gasteiger charge is -2.35. The van der Waals surface area contributed by atoms with E-state index in [9.17, 15) is 4.79 Å². The number of nitrogens with zero attached hydrogens (tertiary/aromatic N) is 4. The molecular weight excluding hydrogens is 448 g/mol. The molecule has 1 aliphatic rings. The summed E-state index contributed by atoms with van der Waals surface area (Å²) in [6.45, 7) is 9.27. The van der Waals surface area contributed by atoms with Crippen LogP contribution >= 0.6 is 11.6 Å². The molecule has 0 spiro atoms. The molecule has 1 saturated heterocycles. The summed E-state index contributed by atoms with van der Waals surface area (Å²) < 4.78 is 5.84. The van der Waals surface area contributed by atoms with Crippen LogP contribution in [0.3, 0.4) is 0 Å². The van der Waals surface area contributed by atoms with Crippen molar-refractivity contribution in [3.63, 3.8) is 0 Å². The van der Waals surface area contributed by atoms with Gasteiger partial charge in [0.2, 0.25) is 5.91 Å². The van der Waals surface area contributed by atoms with Crippen molar-refractivity contribution in [1.82, 2.24) is 14.9 Å². The van der Waals surface area contributed by atoms with E-state index in [1.807, 2.05) is 62.1 Å². The first kappa shape index (κ1) is 24.0. The van der Waals surface area contributed by atoms with Crippen LogP contribution in [0.1, 0.15) is 29.8 Å². The van der Waals surface area contributed by atoms with Crippen LogP contribution in [-0.2, 0) is 4.79 Å². The van der Waals surface area contributed by atoms with Crippen molar-refractivity contribution in [2.75, 3.05) is 37.7 Å². The van der Waals surface area contributed by atoms with E-state index < -0.39 is 0 Å². The van der Waals surface area contributed by atoms with Crippen LogP contribution < -0.4 is 9.64 Å². The molecule has 0 saturated carbocycles. The molecule has 2 aromatic carbocycles. The van der Waals surface area contributed by atoms with Gasteiger partial charge in [0, 0.05) is 49.3 Å². The zero-order chi connectivity index (χ0) is 24.1. The van der Waals surface area contributed by atoms with Crippen molar-refractivity contribution < 1.29 is 9.53 Å². The third-order valence-corrected chi connectivity index (χ3v) is 6.66. The zero-order valence-corrected chi connectivity index (χ0v) is 20.8. The zero-order valence-electron chi connectivity index (χ0n) is 20.1. The SMILES string of the molecule is Cc1nc(-c2ccccc2)cc(N2CCN(C(=O)CCCOc3cc(C)c(Cl)c(C)c3)CC2)n1. The summed E-state index contributed by atoms with van der Waals surface area (Å²) in [6, 6.07) is 16.1. The molecule has 6 nitrogen and oxygen atoms in total. The summed E-state index contributed by atoms with van der Waals surface area (Å²) in [5.41, 5.74) is 4.00. The Kier molecular flexibility index (Phi) is 7.68. The molecule has 1 amide bonds. The van der Waals surface area contributed by atoms with Crippen molar-refractivity contribution in [2.24, 2.45) is 0 Å². The number of aryl methyl sites for hydroxylation is 3. The van der Waals surface area contributed by atoms with Gasteiger partial charge in [0.25, 0.3) is 0 Å². The summed E-state index contributed by atoms with van der Waals surface area (Å²) in [4.78, 5) is 26.1. The highest BCUT2D eigenvalue weighted by Gasteiger charge is 2.22. The van der Waals surface area contributed by atoms with Gasteiger partial charge in [-0.05, 0) is 50.5 Å². The number of anilines is 1. The highest BCUT2D eigenvalue weighted by Crippen LogP contribution is 2.26. The quantitative estimate of drug-likeness (QED) is 0.435. The second-order valence-electron chi connectivity index (χ2n) is 8.72. The smallest absolute Gasteiger partial charge is 0.222 e. The maximum Gasteiger partial charge on any atom is 0.222 e. The predicted molar refractivity (Wildman–Crippen MR) is 137 cm³/mol. The fourth-order valence-electron chi connectivity index (χ4n) is 4.22. The molecule has 34 heavy (non-hydrogen) atoms. The Balaban J connectivity index is 1.26. The Morgan fingerprint density at radius 1 is 0.971 bits per heavy atom. The lowest BCUT2D eigenvalue weighted by molar-refractivity contribution is -0.131. The molecule has 2 heterocycles. The highest BCUT2D eigenvalue weighted by molar-refractivity contribution is 6.32. The Bertz CT molecular complexity index is 1120. The number of hydrogen-bond acceptors (Lipinski definition) is 5. The van der Waals surface area contributed by atoms with E-state index in [4.69, 9.17) is 16.3 Å². The average molecular weight is 479 g/mol. The molecule has 3 aromatic rings. The largest absolute Gasteiger partial charge is 0.494 e. The number of carbonyl (C=O) groups is 1. The second-order valence-corrected chi connectivity index (χ2v) is 9.09. The van der Waals surface area contributed by atoms with Crippen LogP contribution in [0.4, 0.5) is 5.82 Å². The van der Waals surface area contributed by atoms with Crippen molar-refractivity contribution in [3.05, 3.63) is 70.5 Å². The molecule has 178 valence electrons. The van der Waals surface area contributed by atoms with E-state index >= 15 is 0 Å². The normalized spacial score (nSPS) is 13.8. The van der Waals surface area contributed by atoms with E-state index in [-0.39, 0.29) is 5.91 Å². The first-order chi connectivity index (χ1) is 16.4. The molecule has 0 bridgehead atoms. The fourth-order valence-corrected chi connectivity index (χ4v) is 4.33. The number of halogens is 1. The molecule has 0 N–H and O–H groups in total. The number of benzene rings is 2. The van der Waals surface area contributed by atoms with Gasteiger partial charge in [-0.3, -0.25) is 4.79 Å². The van der Waals surface area contributed by atoms with E-state index in [1.165, 1.54) is 0 Å². The molecule has 1 aromatic heterocycles. The number of aromatic nitrogens is 2. The molecule has 0 aliphatic carbocycles. The van der Waals surface area contributed by atoms with E-state index in [0.29, 0.717) is 32.5 Å². The number of carbonyl (C=O) groups excluding carboxylic acids is 1. The van der Waals surface area contributed by atoms with Crippen LogP contribution in [0.2, 0.25) is 5.02 Å². The van der Waals surface area contributed by atoms with E-state index in [0.717, 1.165) is 57.9 Å². The first-order valence-corrected chi connectivity index (χ1v) is 12.1. The maximum absolute atomic E-state index is 12.7. The minimum absolute atomic E-state index is 0.176. The highest BCUT2D eigenvalue weighted by atomic mass is 35.5. The van der Waals surface area contributed by atoms with Crippen LogP contribution in [0, 0.1) is 20.8 Å². The van der Waals surface area contributed by atoms with E-state index in [2.05, 4.69) is 27.0 Å². The van der Waals surface area contributed by atoms with Crippen LogP contribution in [0.5, 0.6) is 5.75 Å². The van der Waals surface area contributed by atoms with Gasteiger partial charge in [-0.25, -0.2) is 9.97 Å². The third-order valence-electron chi connectivity index (χ3n) is 6.06. The standard InChI is InChI=1S/C27H31ClN4O2/c1-19-16-23(17-20(2)27(19)28)34-15-7-10-26(33)32-13-11-31(12-14-32)25-18-24(29-21(3)30-25)22-8-5-4-6-9-22/h4-6,8-9,16-18H,7,10-15H2,1-3H3. The first-order valence-electron chi connectivity index (χ1n) is 11.7. The van der Waals surface area contributed by atoms with Crippen LogP contribution in [0.15, 0.2) is 48.5 Å². The van der Waals surface area contributed by atoms with Gasteiger partial charge in [0.15, 0.2) is 0 Å². The van der Waals surface area contributed by atoms with Gasteiger partial charge in [0.1, 0.15) is 17.4 Å². The Morgan fingerprint density at radius 3 is 2.32 bits per heavy atom. The van der Waals surface area contributed by atoms with Crippen molar-refractivity contribution in [1.29, 1.82) is 0 Å². The summed E-state index contributed by atoms with van der Waals surface area (Å²) in [5, 5.41) is 0.773. The molecule has 0 unspecified atom stereocenters. The topological polar surface area (TPSA) is 58.6 Å². The maximum atomic E-state index is 12.7. The van der Waals surface area contributed by atoms with Crippen LogP contribution in [-0.4, -0.2) is 53.6 Å². The number of amides is 1. The van der Waals surface area contributed by atoms with Crippen molar-refractivity contribution in [3.8, 4) is 17.0 Å². The predicted octanol–water partition coefficient (Wildman–Crippen LogP) is 5.23. The van der Waals surface area contributed by atoms with Crippen molar-refractivity contribution in [2.45, 2.75) is 33.6 Å². The molecule has 0 radical (unpaired) electrons. The van der Waals surface area contributed by atoms with Gasteiger partial charge >= 0.3 is 0 Å². The monoisotopic (exact) mass is 478 g/mol. The summed E-state index contributed by atoms with van der Waals surface area (Å²) in [6.07, 6.45) is 1.17. The van der Waals surface area contributed by atoms with Crippen LogP contribution in [0.25, 0.3) is 11.3 Å². The van der Waals surface area contributed by atoms with Gasteiger partial charge < -0.3 is 14.5 Å². The Morgan fingerprint density at radius 2 is 1.65 bits per heavy atom. The van der Waals surface area contributed by atoms with Crippen molar-refractivity contribution >= 4 is 23.3 Å². The Labute approximate surface area is 206 Å². The summed E-state index contributed by atoms with van der Waals surface area (Å²) >= 11 is 6.22. The lowest BCUT2D eigenvalue weighted by Crippen LogP contribution is -2.49. The van der Waals surface area contributed by atoms with Gasteiger partial charge in [-0.1, -0.05) is 41.9 Å². The molecule has 0 atom stereocenters. The van der Waals surface area contributed by atoms with Gasteiger partial charge in [-0.15, -0.1) is 0 Å². The number of hydrogen-bond donors (Lipinski definition) is 0. The van der Waals surface area contributed by atoms with E-state index in [1.54, 1.807) is 0 Å². The molecule has 7 heteroatoms. The average Bonchev–Trinajstić information content (AvgIpc) is 2.85. The second kappa shape index (κ2) is 10.9. The molecular formula is C27H31ClN4O2. The number of rotatable bonds is 7. The Hall–Kier alpha value is -3.12. The minimum Gasteiger partial charge on any atom is -0.494 e. The minimum atomic E-state index is 0.176. The summed E-state index contributed by atoms with van der Waals surface area (Å²) in [5.74, 6) is 2.65. The molecule has 4 rings (SSSR count). The summed E-state index contributed by atoms with van der Waals surface area (Å²) in [7, 11) is 0. The fraction of sp³-hybridized carbons (Fsp3) is 0.370. The van der Waals surface area contributed by atoms with Gasteiger partial charge in [0.05, 0.1) is 12.3 Å². The number of piperazine rings is 1. The lowest BCUT2D eigenvalue weighted by atomic mass is 10.1. The molecule has 1 fully saturated rings. The molecule has 1 aliphatic heterocycles. The third kappa shape index (κ3) is 5.86. The van der Waals surface area contributed by atoms with Gasteiger partial charge in [-0.2, -0.15) is 0 Å².